The van der Waals surface area contributed by atoms with Gasteiger partial charge in [0.2, 0.25) is 0 Å². The van der Waals surface area contributed by atoms with Gasteiger partial charge in [-0.05, 0) is 55.3 Å². The molecule has 1 unspecified atom stereocenters. The Morgan fingerprint density at radius 2 is 1.81 bits per heavy atom. The number of nitrogens with zero attached hydrogens (tertiary/aromatic N) is 4. The molecule has 0 amide bonds. The molecule has 222 valence electrons. The molecule has 2 aliphatic rings. The van der Waals surface area contributed by atoms with Crippen LogP contribution in [0.3, 0.4) is 0 Å². The average molecular weight is 612 g/mol. The van der Waals surface area contributed by atoms with Gasteiger partial charge in [0.1, 0.15) is 0 Å². The molecule has 42 heavy (non-hydrogen) atoms. The van der Waals surface area contributed by atoms with E-state index in [-0.39, 0.29) is 12.2 Å². The normalized spacial score (nSPS) is 18.4. The summed E-state index contributed by atoms with van der Waals surface area (Å²) in [5.41, 5.74) is 2.43. The lowest BCUT2D eigenvalue weighted by Gasteiger charge is -2.38. The first kappa shape index (κ1) is 30.3. The lowest BCUT2D eigenvalue weighted by Crippen LogP contribution is -2.45. The Bertz CT molecular complexity index is 1400. The average Bonchev–Trinajstić information content (AvgIpc) is 3.53. The summed E-state index contributed by atoms with van der Waals surface area (Å²) < 4.78 is 11.9. The summed E-state index contributed by atoms with van der Waals surface area (Å²) in [6, 6.07) is 18.4. The number of aryl methyl sites for hydroxylation is 1. The van der Waals surface area contributed by atoms with E-state index in [1.165, 1.54) is 5.56 Å². The molecule has 3 aromatic rings. The van der Waals surface area contributed by atoms with Gasteiger partial charge in [-0.25, -0.2) is 9.79 Å². The molecule has 0 saturated carbocycles. The van der Waals surface area contributed by atoms with Crippen molar-refractivity contribution >= 4 is 35.0 Å². The van der Waals surface area contributed by atoms with E-state index < -0.39 is 12.0 Å². The number of hydrogen-bond acceptors (Lipinski definition) is 7. The van der Waals surface area contributed by atoms with Gasteiger partial charge >= 0.3 is 5.97 Å². The van der Waals surface area contributed by atoms with Crippen LogP contribution in [0, 0.1) is 0 Å². The van der Waals surface area contributed by atoms with Crippen molar-refractivity contribution < 1.29 is 19.1 Å². The van der Waals surface area contributed by atoms with Crippen LogP contribution in [0.15, 0.2) is 87.6 Å². The Morgan fingerprint density at radius 3 is 2.50 bits per heavy atom. The Morgan fingerprint density at radius 1 is 1.02 bits per heavy atom. The summed E-state index contributed by atoms with van der Waals surface area (Å²) in [6.07, 6.45) is 3.19. The van der Waals surface area contributed by atoms with Gasteiger partial charge in [0, 0.05) is 39.3 Å². The molecule has 2 aromatic carbocycles. The van der Waals surface area contributed by atoms with Crippen LogP contribution < -0.4 is 0 Å². The minimum atomic E-state index is -1.06. The Hall–Kier alpha value is -3.14. The molecular formula is C32H36Cl2N4O4. The van der Waals surface area contributed by atoms with Gasteiger partial charge in [-0.3, -0.25) is 4.90 Å². The predicted molar refractivity (Wildman–Crippen MR) is 165 cm³/mol. The number of furan rings is 1. The molecule has 0 aliphatic carbocycles. The van der Waals surface area contributed by atoms with E-state index in [0.29, 0.717) is 46.1 Å². The highest BCUT2D eigenvalue weighted by atomic mass is 35.5. The van der Waals surface area contributed by atoms with Crippen LogP contribution in [-0.2, 0) is 16.0 Å². The SMILES string of the molecule is CN1CCN(CCOCC2=C(C(=O)O)C(c3ccc(Cl)c(Cl)c3)N(CCCc3ccccc3)C(c3ccco3)=N2)CC1. The van der Waals surface area contributed by atoms with Gasteiger partial charge in [-0.15, -0.1) is 0 Å². The van der Waals surface area contributed by atoms with Gasteiger partial charge in [-0.1, -0.05) is 59.6 Å². The smallest absolute Gasteiger partial charge is 0.336 e. The molecule has 2 aliphatic heterocycles. The van der Waals surface area contributed by atoms with Gasteiger partial charge in [-0.2, -0.15) is 0 Å². The zero-order valence-corrected chi connectivity index (χ0v) is 25.2. The molecule has 5 rings (SSSR count). The number of aliphatic carboxylic acids is 1. The van der Waals surface area contributed by atoms with Crippen molar-refractivity contribution in [3.8, 4) is 0 Å². The van der Waals surface area contributed by atoms with Crippen LogP contribution in [-0.4, -0.2) is 91.1 Å². The van der Waals surface area contributed by atoms with E-state index in [0.717, 1.165) is 45.6 Å². The molecule has 1 N–H and O–H groups in total. The number of rotatable bonds is 12. The van der Waals surface area contributed by atoms with Crippen molar-refractivity contribution in [2.75, 3.05) is 59.5 Å². The number of aliphatic imine (C=N–C) groups is 1. The summed E-state index contributed by atoms with van der Waals surface area (Å²) in [5, 5.41) is 11.3. The van der Waals surface area contributed by atoms with Crippen LogP contribution in [0.5, 0.6) is 0 Å². The van der Waals surface area contributed by atoms with Crippen molar-refractivity contribution in [1.29, 1.82) is 0 Å². The maximum absolute atomic E-state index is 12.9. The summed E-state index contributed by atoms with van der Waals surface area (Å²) in [7, 11) is 2.13. The third-order valence-electron chi connectivity index (χ3n) is 7.73. The Kier molecular flexibility index (Phi) is 10.4. The third-order valence-corrected chi connectivity index (χ3v) is 8.47. The molecule has 3 heterocycles. The molecule has 0 bridgehead atoms. The maximum atomic E-state index is 12.9. The summed E-state index contributed by atoms with van der Waals surface area (Å²) >= 11 is 12.7. The highest BCUT2D eigenvalue weighted by Gasteiger charge is 2.38. The largest absolute Gasteiger partial charge is 0.478 e. The summed E-state index contributed by atoms with van der Waals surface area (Å²) in [6.45, 7) is 5.88. The lowest BCUT2D eigenvalue weighted by molar-refractivity contribution is -0.133. The topological polar surface area (TPSA) is 81.8 Å². The van der Waals surface area contributed by atoms with Gasteiger partial charge < -0.3 is 24.1 Å². The molecule has 0 spiro atoms. The number of ether oxygens (including phenoxy) is 1. The molecule has 8 nitrogen and oxygen atoms in total. The number of piperazine rings is 1. The molecule has 0 radical (unpaired) electrons. The number of carbonyl (C=O) groups is 1. The van der Waals surface area contributed by atoms with Crippen LogP contribution >= 0.6 is 23.2 Å². The van der Waals surface area contributed by atoms with E-state index in [4.69, 9.17) is 37.3 Å². The van der Waals surface area contributed by atoms with Crippen molar-refractivity contribution in [1.82, 2.24) is 14.7 Å². The summed E-state index contributed by atoms with van der Waals surface area (Å²) in [4.78, 5) is 24.5. The first-order chi connectivity index (χ1) is 20.4. The van der Waals surface area contributed by atoms with Gasteiger partial charge in [0.25, 0.3) is 0 Å². The number of likely N-dealkylation sites (N-methyl/N-ethyl adjacent to an activating group) is 1. The highest BCUT2D eigenvalue weighted by Crippen LogP contribution is 2.39. The van der Waals surface area contributed by atoms with E-state index >= 15 is 0 Å². The second-order valence-electron chi connectivity index (χ2n) is 10.6. The Labute approximate surface area is 256 Å². The van der Waals surface area contributed by atoms with Crippen molar-refractivity contribution in [3.05, 3.63) is 105 Å². The van der Waals surface area contributed by atoms with E-state index in [9.17, 15) is 9.90 Å². The number of amidine groups is 1. The summed E-state index contributed by atoms with van der Waals surface area (Å²) in [5.74, 6) is 0.0602. The number of benzene rings is 2. The fraction of sp³-hybridized carbons (Fsp3) is 0.375. The predicted octanol–water partition coefficient (Wildman–Crippen LogP) is 5.63. The number of carboxylic acids is 1. The zero-order chi connectivity index (χ0) is 29.5. The minimum Gasteiger partial charge on any atom is -0.478 e. The lowest BCUT2D eigenvalue weighted by atomic mass is 9.92. The molecule has 10 heteroatoms. The number of hydrogen-bond donors (Lipinski definition) is 1. The van der Waals surface area contributed by atoms with Crippen LogP contribution in [0.25, 0.3) is 0 Å². The number of carboxylic acid groups (broad SMARTS) is 1. The fourth-order valence-electron chi connectivity index (χ4n) is 5.44. The first-order valence-corrected chi connectivity index (χ1v) is 15.0. The minimum absolute atomic E-state index is 0.0647. The first-order valence-electron chi connectivity index (χ1n) is 14.2. The monoisotopic (exact) mass is 610 g/mol. The van der Waals surface area contributed by atoms with Crippen molar-refractivity contribution in [2.24, 2.45) is 4.99 Å². The Balaban J connectivity index is 1.46. The molecular weight excluding hydrogens is 575 g/mol. The second kappa shape index (κ2) is 14.4. The van der Waals surface area contributed by atoms with Crippen LogP contribution in [0.4, 0.5) is 0 Å². The molecule has 1 fully saturated rings. The molecule has 1 atom stereocenters. The third kappa shape index (κ3) is 7.43. The fourth-order valence-corrected chi connectivity index (χ4v) is 5.74. The maximum Gasteiger partial charge on any atom is 0.336 e. The highest BCUT2D eigenvalue weighted by molar-refractivity contribution is 6.42. The second-order valence-corrected chi connectivity index (χ2v) is 11.4. The van der Waals surface area contributed by atoms with Crippen LogP contribution in [0.2, 0.25) is 10.0 Å². The molecule has 1 aromatic heterocycles. The molecule has 1 saturated heterocycles. The van der Waals surface area contributed by atoms with Gasteiger partial charge in [0.05, 0.1) is 46.8 Å². The van der Waals surface area contributed by atoms with E-state index in [1.54, 1.807) is 24.5 Å². The van der Waals surface area contributed by atoms with E-state index in [2.05, 4.69) is 29.0 Å². The standard InChI is InChI=1S/C32H36Cl2N4O4/c1-36-14-16-37(17-15-36)18-20-41-22-27-29(32(39)40)30(24-11-12-25(33)26(34)21-24)38(31(35-27)28-10-6-19-42-28)13-5-9-23-7-3-2-4-8-23/h2-4,6-8,10-12,19,21,30H,5,9,13-18,20,22H2,1H3,(H,39,40). The van der Waals surface area contributed by atoms with Crippen LogP contribution in [0.1, 0.15) is 29.3 Å². The quantitative estimate of drug-likeness (QED) is 0.266. The zero-order valence-electron chi connectivity index (χ0n) is 23.7. The number of halogens is 2. The van der Waals surface area contributed by atoms with E-state index in [1.807, 2.05) is 35.2 Å². The van der Waals surface area contributed by atoms with Gasteiger partial charge in [0.15, 0.2) is 11.6 Å². The van der Waals surface area contributed by atoms with Crippen molar-refractivity contribution in [2.45, 2.75) is 18.9 Å². The van der Waals surface area contributed by atoms with Crippen molar-refractivity contribution in [3.63, 3.8) is 0 Å².